The fraction of sp³-hybridized carbons (Fsp3) is 0.303. The number of ether oxygens (including phenoxy) is 3. The van der Waals surface area contributed by atoms with E-state index in [1.807, 2.05) is 0 Å². The zero-order valence-corrected chi connectivity index (χ0v) is 25.4. The summed E-state index contributed by atoms with van der Waals surface area (Å²) < 4.78 is 35.6. The SMILES string of the molecule is COc1cc2c(Oc3ccc(NC(=O)c4c(C)n(-c5ccc[nH]5)c(=O)n4C)cc3F)ccnc2cc1OCCCN1CCCC1. The topological polar surface area (TPSA) is 116 Å². The average molecular weight is 615 g/mol. The number of pyridine rings is 1. The molecule has 1 aliphatic rings. The summed E-state index contributed by atoms with van der Waals surface area (Å²) in [5.41, 5.74) is 1.03. The third-order valence-electron chi connectivity index (χ3n) is 8.00. The van der Waals surface area contributed by atoms with Gasteiger partial charge in [0.25, 0.3) is 5.91 Å². The van der Waals surface area contributed by atoms with Crippen molar-refractivity contribution in [2.24, 2.45) is 7.05 Å². The van der Waals surface area contributed by atoms with Gasteiger partial charge in [-0.05, 0) is 75.7 Å². The largest absolute Gasteiger partial charge is 0.493 e. The van der Waals surface area contributed by atoms with Gasteiger partial charge < -0.3 is 29.4 Å². The van der Waals surface area contributed by atoms with E-state index >= 15 is 4.39 Å². The number of carbonyl (C=O) groups excluding carboxylic acids is 1. The highest BCUT2D eigenvalue weighted by Crippen LogP contribution is 2.38. The maximum absolute atomic E-state index is 15.3. The van der Waals surface area contributed by atoms with E-state index in [-0.39, 0.29) is 22.8 Å². The van der Waals surface area contributed by atoms with Crippen molar-refractivity contribution in [3.63, 3.8) is 0 Å². The van der Waals surface area contributed by atoms with Gasteiger partial charge in [-0.3, -0.25) is 14.3 Å². The van der Waals surface area contributed by atoms with E-state index in [4.69, 9.17) is 14.2 Å². The molecule has 45 heavy (non-hydrogen) atoms. The lowest BCUT2D eigenvalue weighted by molar-refractivity contribution is 0.101. The molecule has 0 saturated carbocycles. The predicted molar refractivity (Wildman–Crippen MR) is 169 cm³/mol. The van der Waals surface area contributed by atoms with Gasteiger partial charge in [0.2, 0.25) is 0 Å². The van der Waals surface area contributed by atoms with Gasteiger partial charge in [-0.1, -0.05) is 0 Å². The molecule has 0 aliphatic carbocycles. The molecule has 0 radical (unpaired) electrons. The minimum absolute atomic E-state index is 0.0387. The van der Waals surface area contributed by atoms with Gasteiger partial charge in [-0.2, -0.15) is 0 Å². The Bertz CT molecular complexity index is 1890. The third-order valence-corrected chi connectivity index (χ3v) is 8.00. The number of H-pyrrole nitrogens is 1. The minimum Gasteiger partial charge on any atom is -0.493 e. The number of nitrogens with one attached hydrogen (secondary N) is 2. The van der Waals surface area contributed by atoms with Crippen LogP contribution in [-0.2, 0) is 7.05 Å². The summed E-state index contributed by atoms with van der Waals surface area (Å²) in [5, 5.41) is 3.31. The fourth-order valence-electron chi connectivity index (χ4n) is 5.73. The van der Waals surface area contributed by atoms with Gasteiger partial charge in [0, 0.05) is 49.2 Å². The normalized spacial score (nSPS) is 13.3. The molecular weight excluding hydrogens is 579 g/mol. The number of carbonyl (C=O) groups is 1. The smallest absolute Gasteiger partial charge is 0.334 e. The number of benzene rings is 2. The summed E-state index contributed by atoms with van der Waals surface area (Å²) in [7, 11) is 3.08. The molecule has 6 rings (SSSR count). The molecule has 0 spiro atoms. The van der Waals surface area contributed by atoms with E-state index in [2.05, 4.69) is 20.2 Å². The van der Waals surface area contributed by atoms with Gasteiger partial charge in [0.15, 0.2) is 23.1 Å². The van der Waals surface area contributed by atoms with Crippen LogP contribution in [0.4, 0.5) is 10.1 Å². The minimum atomic E-state index is -0.683. The first-order chi connectivity index (χ1) is 21.8. The quantitative estimate of drug-likeness (QED) is 0.191. The van der Waals surface area contributed by atoms with Crippen LogP contribution in [0.3, 0.4) is 0 Å². The Balaban J connectivity index is 1.17. The molecule has 4 heterocycles. The summed E-state index contributed by atoms with van der Waals surface area (Å²) >= 11 is 0. The maximum atomic E-state index is 15.3. The fourth-order valence-corrected chi connectivity index (χ4v) is 5.73. The van der Waals surface area contributed by atoms with E-state index in [9.17, 15) is 9.59 Å². The highest BCUT2D eigenvalue weighted by Gasteiger charge is 2.22. The second kappa shape index (κ2) is 12.9. The number of hydrogen-bond acceptors (Lipinski definition) is 7. The van der Waals surface area contributed by atoms with Crippen molar-refractivity contribution >= 4 is 22.5 Å². The van der Waals surface area contributed by atoms with Crippen molar-refractivity contribution in [2.45, 2.75) is 26.2 Å². The van der Waals surface area contributed by atoms with Crippen molar-refractivity contribution < 1.29 is 23.4 Å². The van der Waals surface area contributed by atoms with Gasteiger partial charge in [0.05, 0.1) is 24.9 Å². The molecule has 5 aromatic rings. The van der Waals surface area contributed by atoms with Crippen molar-refractivity contribution in [1.29, 1.82) is 0 Å². The lowest BCUT2D eigenvalue weighted by atomic mass is 10.1. The van der Waals surface area contributed by atoms with Crippen LogP contribution in [0.15, 0.2) is 65.7 Å². The van der Waals surface area contributed by atoms with Crippen molar-refractivity contribution in [3.05, 3.63) is 88.6 Å². The van der Waals surface area contributed by atoms with Crippen molar-refractivity contribution in [1.82, 2.24) is 24.0 Å². The van der Waals surface area contributed by atoms with Crippen LogP contribution in [0.1, 0.15) is 35.4 Å². The van der Waals surface area contributed by atoms with Crippen LogP contribution in [0.5, 0.6) is 23.0 Å². The summed E-state index contributed by atoms with van der Waals surface area (Å²) in [6, 6.07) is 12.8. The molecule has 0 bridgehead atoms. The highest BCUT2D eigenvalue weighted by molar-refractivity contribution is 6.04. The molecule has 11 nitrogen and oxygen atoms in total. The molecule has 3 aromatic heterocycles. The number of amides is 1. The second-order valence-corrected chi connectivity index (χ2v) is 10.9. The van der Waals surface area contributed by atoms with Crippen LogP contribution in [-0.4, -0.2) is 63.3 Å². The number of fused-ring (bicyclic) bond motifs is 1. The molecule has 1 aliphatic heterocycles. The van der Waals surface area contributed by atoms with E-state index < -0.39 is 11.7 Å². The zero-order valence-electron chi connectivity index (χ0n) is 25.4. The van der Waals surface area contributed by atoms with Gasteiger partial charge in [0.1, 0.15) is 17.3 Å². The molecule has 1 fully saturated rings. The van der Waals surface area contributed by atoms with Crippen molar-refractivity contribution in [2.75, 3.05) is 38.7 Å². The molecule has 2 N–H and O–H groups in total. The first-order valence-corrected chi connectivity index (χ1v) is 14.9. The van der Waals surface area contributed by atoms with Crippen LogP contribution in [0.25, 0.3) is 16.7 Å². The van der Waals surface area contributed by atoms with Gasteiger partial charge in [-0.25, -0.2) is 13.8 Å². The van der Waals surface area contributed by atoms with Gasteiger partial charge >= 0.3 is 5.69 Å². The number of methoxy groups -OCH3 is 1. The Morgan fingerprint density at radius 3 is 2.62 bits per heavy atom. The second-order valence-electron chi connectivity index (χ2n) is 10.9. The van der Waals surface area contributed by atoms with Crippen LogP contribution >= 0.6 is 0 Å². The maximum Gasteiger partial charge on any atom is 0.334 e. The molecule has 12 heteroatoms. The van der Waals surface area contributed by atoms with E-state index in [1.54, 1.807) is 56.8 Å². The van der Waals surface area contributed by atoms with Crippen LogP contribution < -0.4 is 25.2 Å². The Hall–Kier alpha value is -5.10. The zero-order chi connectivity index (χ0) is 31.5. The standard InChI is InChI=1S/C33H35FN6O5/c1-21-31(38(2)33(42)40(21)30-8-6-12-36-30)32(41)37-22-9-10-27(24(34)18-22)45-26-11-13-35-25-20-29(28(43-3)19-23(25)26)44-17-7-16-39-14-4-5-15-39/h6,8-13,18-20,36H,4-5,7,14-17H2,1-3H3,(H,37,41). The average Bonchev–Trinajstić information content (AvgIpc) is 3.79. The number of aromatic nitrogens is 4. The Morgan fingerprint density at radius 2 is 1.89 bits per heavy atom. The first kappa shape index (κ1) is 29.9. The molecule has 1 saturated heterocycles. The molecule has 0 unspecified atom stereocenters. The summed E-state index contributed by atoms with van der Waals surface area (Å²) in [6.07, 6.45) is 6.70. The van der Waals surface area contributed by atoms with Gasteiger partial charge in [-0.15, -0.1) is 0 Å². The van der Waals surface area contributed by atoms with Crippen molar-refractivity contribution in [3.8, 4) is 28.8 Å². The molecule has 0 atom stereocenters. The summed E-state index contributed by atoms with van der Waals surface area (Å²) in [6.45, 7) is 5.52. The number of nitrogens with zero attached hydrogens (tertiary/aromatic N) is 4. The first-order valence-electron chi connectivity index (χ1n) is 14.9. The number of halogens is 1. The number of aromatic amines is 1. The number of anilines is 1. The summed E-state index contributed by atoms with van der Waals surface area (Å²) in [5.74, 6) is 0.754. The van der Waals surface area contributed by atoms with Crippen LogP contribution in [0.2, 0.25) is 0 Å². The number of imidazole rings is 1. The Labute approximate surface area is 259 Å². The highest BCUT2D eigenvalue weighted by atomic mass is 19.1. The monoisotopic (exact) mass is 614 g/mol. The van der Waals surface area contributed by atoms with E-state index in [0.29, 0.717) is 46.3 Å². The van der Waals surface area contributed by atoms with Crippen LogP contribution in [0, 0.1) is 12.7 Å². The lowest BCUT2D eigenvalue weighted by Gasteiger charge is -2.16. The number of hydrogen-bond donors (Lipinski definition) is 2. The Morgan fingerprint density at radius 1 is 1.07 bits per heavy atom. The Kier molecular flexibility index (Phi) is 8.56. The number of likely N-dealkylation sites (tertiary alicyclic amines) is 1. The molecule has 2 aromatic carbocycles. The molecular formula is C33H35FN6O5. The van der Waals surface area contributed by atoms with E-state index in [1.165, 1.54) is 47.2 Å². The predicted octanol–water partition coefficient (Wildman–Crippen LogP) is 5.42. The third kappa shape index (κ3) is 6.14. The molecule has 234 valence electrons. The summed E-state index contributed by atoms with van der Waals surface area (Å²) in [4.78, 5) is 35.9. The lowest BCUT2D eigenvalue weighted by Crippen LogP contribution is -2.24. The van der Waals surface area contributed by atoms with E-state index in [0.717, 1.165) is 26.1 Å². The molecule has 1 amide bonds. The number of rotatable bonds is 11.